The Balaban J connectivity index is 1.61. The molecule has 1 aliphatic heterocycles. The fraction of sp³-hybridized carbons (Fsp3) is 0.630. The molecule has 4 rings (SSSR count). The highest BCUT2D eigenvalue weighted by molar-refractivity contribution is 7.90. The lowest BCUT2D eigenvalue weighted by atomic mass is 9.95. The number of aromatic nitrogens is 2. The fourth-order valence-corrected chi connectivity index (χ4v) is 6.86. The van der Waals surface area contributed by atoms with Gasteiger partial charge in [-0.1, -0.05) is 49.1 Å². The minimum atomic E-state index is -3.67. The second-order valence-corrected chi connectivity index (χ2v) is 12.0. The van der Waals surface area contributed by atoms with Gasteiger partial charge in [0.05, 0.1) is 37.4 Å². The number of hydrogen-bond donors (Lipinski definition) is 1. The molecule has 1 aliphatic carbocycles. The molecule has 9 nitrogen and oxygen atoms in total. The van der Waals surface area contributed by atoms with Gasteiger partial charge < -0.3 is 19.5 Å². The van der Waals surface area contributed by atoms with Crippen molar-refractivity contribution in [3.63, 3.8) is 0 Å². The van der Waals surface area contributed by atoms with E-state index in [2.05, 4.69) is 15.2 Å². The van der Waals surface area contributed by atoms with E-state index in [4.69, 9.17) is 4.74 Å². The Hall–Kier alpha value is -2.43. The first-order chi connectivity index (χ1) is 17.9. The standard InChI is InChI=1S/C27H41N5O4S/c1-3-28-26(33)31(13-12-30-14-16-36-17-15-30)20-25-19-29-27(32(25)24-10-5-4-6-11-24)37(34,35)21-23-9-7-8-22(2)18-23/h7-9,18-19,24H,3-6,10-17,20-21H2,1-2H3,(H,28,33). The summed E-state index contributed by atoms with van der Waals surface area (Å²) in [6, 6.07) is 7.54. The van der Waals surface area contributed by atoms with Crippen LogP contribution in [0.3, 0.4) is 0 Å². The van der Waals surface area contributed by atoms with Gasteiger partial charge in [0.2, 0.25) is 15.0 Å². The first kappa shape index (κ1) is 27.6. The number of imidazole rings is 1. The number of carbonyl (C=O) groups excluding carboxylic acids is 1. The molecular formula is C27H41N5O4S. The van der Waals surface area contributed by atoms with Crippen molar-refractivity contribution in [3.8, 4) is 0 Å². The highest BCUT2D eigenvalue weighted by Gasteiger charge is 2.30. The van der Waals surface area contributed by atoms with Crippen LogP contribution >= 0.6 is 0 Å². The molecule has 1 saturated heterocycles. The van der Waals surface area contributed by atoms with Crippen molar-refractivity contribution in [3.05, 3.63) is 47.3 Å². The summed E-state index contributed by atoms with van der Waals surface area (Å²) in [5.41, 5.74) is 2.57. The van der Waals surface area contributed by atoms with Crippen LogP contribution in [0.4, 0.5) is 4.79 Å². The molecular weight excluding hydrogens is 490 g/mol. The Morgan fingerprint density at radius 2 is 1.95 bits per heavy atom. The third kappa shape index (κ3) is 7.33. The van der Waals surface area contributed by atoms with Crippen molar-refractivity contribution in [1.29, 1.82) is 0 Å². The SMILES string of the molecule is CCNC(=O)N(CCN1CCOCC1)Cc1cnc(S(=O)(=O)Cc2cccc(C)c2)n1C1CCCCC1. The van der Waals surface area contributed by atoms with Gasteiger partial charge in [0.1, 0.15) is 0 Å². The summed E-state index contributed by atoms with van der Waals surface area (Å²) in [5, 5.41) is 3.05. The predicted octanol–water partition coefficient (Wildman–Crippen LogP) is 3.53. The van der Waals surface area contributed by atoms with Gasteiger partial charge in [-0.15, -0.1) is 0 Å². The number of benzene rings is 1. The lowest BCUT2D eigenvalue weighted by molar-refractivity contribution is 0.0345. The number of aryl methyl sites for hydroxylation is 1. The highest BCUT2D eigenvalue weighted by Crippen LogP contribution is 2.33. The molecule has 37 heavy (non-hydrogen) atoms. The van der Waals surface area contributed by atoms with Crippen molar-refractivity contribution < 1.29 is 17.9 Å². The van der Waals surface area contributed by atoms with Gasteiger partial charge in [0, 0.05) is 38.8 Å². The molecule has 2 fully saturated rings. The molecule has 0 spiro atoms. The zero-order valence-corrected chi connectivity index (χ0v) is 23.0. The molecule has 0 atom stereocenters. The Morgan fingerprint density at radius 1 is 1.19 bits per heavy atom. The van der Waals surface area contributed by atoms with E-state index in [1.54, 1.807) is 11.1 Å². The lowest BCUT2D eigenvalue weighted by Gasteiger charge is -2.31. The van der Waals surface area contributed by atoms with E-state index in [-0.39, 0.29) is 23.0 Å². The van der Waals surface area contributed by atoms with Crippen LogP contribution in [0.1, 0.15) is 61.9 Å². The largest absolute Gasteiger partial charge is 0.379 e. The number of rotatable bonds is 10. The molecule has 0 bridgehead atoms. The van der Waals surface area contributed by atoms with E-state index in [1.165, 1.54) is 0 Å². The molecule has 2 amide bonds. The van der Waals surface area contributed by atoms with Crippen LogP contribution < -0.4 is 5.32 Å². The average Bonchev–Trinajstić information content (AvgIpc) is 3.32. The van der Waals surface area contributed by atoms with E-state index in [0.717, 1.165) is 68.6 Å². The minimum absolute atomic E-state index is 0.0730. The summed E-state index contributed by atoms with van der Waals surface area (Å²) in [6.45, 7) is 9.13. The van der Waals surface area contributed by atoms with Crippen LogP contribution in [-0.2, 0) is 26.9 Å². The number of sulfone groups is 1. The van der Waals surface area contributed by atoms with Crippen molar-refractivity contribution in [1.82, 2.24) is 24.7 Å². The van der Waals surface area contributed by atoms with Crippen molar-refractivity contribution in [2.24, 2.45) is 0 Å². The molecule has 1 aromatic carbocycles. The fourth-order valence-electron chi connectivity index (χ4n) is 5.34. The summed E-state index contributed by atoms with van der Waals surface area (Å²) in [6.07, 6.45) is 6.80. The van der Waals surface area contributed by atoms with Crippen LogP contribution in [0.25, 0.3) is 0 Å². The van der Waals surface area contributed by atoms with Crippen LogP contribution in [0.15, 0.2) is 35.6 Å². The van der Waals surface area contributed by atoms with E-state index in [1.807, 2.05) is 42.7 Å². The second kappa shape index (κ2) is 12.9. The molecule has 1 aromatic heterocycles. The minimum Gasteiger partial charge on any atom is -0.379 e. The predicted molar refractivity (Wildman–Crippen MR) is 143 cm³/mol. The van der Waals surface area contributed by atoms with Crippen LogP contribution in [0.5, 0.6) is 0 Å². The summed E-state index contributed by atoms with van der Waals surface area (Å²) in [7, 11) is -3.67. The van der Waals surface area contributed by atoms with Gasteiger partial charge in [-0.2, -0.15) is 0 Å². The molecule has 0 unspecified atom stereocenters. The van der Waals surface area contributed by atoms with Gasteiger partial charge in [0.15, 0.2) is 0 Å². The van der Waals surface area contributed by atoms with Crippen LogP contribution in [0, 0.1) is 6.92 Å². The third-order valence-electron chi connectivity index (χ3n) is 7.25. The Kier molecular flexibility index (Phi) is 9.61. The lowest BCUT2D eigenvalue weighted by Crippen LogP contribution is -2.46. The smallest absolute Gasteiger partial charge is 0.317 e. The average molecular weight is 532 g/mol. The Labute approximate surface area is 221 Å². The van der Waals surface area contributed by atoms with Gasteiger partial charge >= 0.3 is 6.03 Å². The van der Waals surface area contributed by atoms with Gasteiger partial charge in [-0.05, 0) is 32.3 Å². The molecule has 1 saturated carbocycles. The normalized spacial score (nSPS) is 17.6. The first-order valence-corrected chi connectivity index (χ1v) is 15.2. The number of morpholine rings is 1. The number of carbonyl (C=O) groups is 1. The number of nitrogens with zero attached hydrogens (tertiary/aromatic N) is 4. The summed E-state index contributed by atoms with van der Waals surface area (Å²) in [5.74, 6) is -0.0884. The summed E-state index contributed by atoms with van der Waals surface area (Å²) < 4.78 is 34.7. The maximum atomic E-state index is 13.6. The van der Waals surface area contributed by atoms with Gasteiger partial charge in [-0.25, -0.2) is 18.2 Å². The first-order valence-electron chi connectivity index (χ1n) is 13.5. The van der Waals surface area contributed by atoms with E-state index < -0.39 is 9.84 Å². The van der Waals surface area contributed by atoms with E-state index >= 15 is 0 Å². The quantitative estimate of drug-likeness (QED) is 0.504. The van der Waals surface area contributed by atoms with Crippen LogP contribution in [-0.4, -0.2) is 79.7 Å². The second-order valence-electron chi connectivity index (χ2n) is 10.2. The number of ether oxygens (including phenoxy) is 1. The van der Waals surface area contributed by atoms with Gasteiger partial charge in [-0.3, -0.25) is 4.90 Å². The number of amides is 2. The van der Waals surface area contributed by atoms with Crippen LogP contribution in [0.2, 0.25) is 0 Å². The highest BCUT2D eigenvalue weighted by atomic mass is 32.2. The number of nitrogens with one attached hydrogen (secondary N) is 1. The maximum absolute atomic E-state index is 13.6. The third-order valence-corrected chi connectivity index (χ3v) is 8.83. The van der Waals surface area contributed by atoms with Crippen molar-refractivity contribution in [2.45, 2.75) is 69.4 Å². The number of urea groups is 1. The monoisotopic (exact) mass is 531 g/mol. The Morgan fingerprint density at radius 3 is 2.65 bits per heavy atom. The topological polar surface area (TPSA) is 96.8 Å². The molecule has 1 N–H and O–H groups in total. The molecule has 0 radical (unpaired) electrons. The summed E-state index contributed by atoms with van der Waals surface area (Å²) in [4.78, 5) is 21.6. The zero-order valence-electron chi connectivity index (χ0n) is 22.2. The molecule has 10 heteroatoms. The van der Waals surface area contributed by atoms with Gasteiger partial charge in [0.25, 0.3) is 0 Å². The molecule has 2 aliphatic rings. The molecule has 204 valence electrons. The van der Waals surface area contributed by atoms with Crippen molar-refractivity contribution in [2.75, 3.05) is 45.9 Å². The number of hydrogen-bond acceptors (Lipinski definition) is 6. The summed E-state index contributed by atoms with van der Waals surface area (Å²) >= 11 is 0. The molecule has 2 heterocycles. The maximum Gasteiger partial charge on any atom is 0.317 e. The Bertz CT molecular complexity index is 1140. The van der Waals surface area contributed by atoms with Crippen molar-refractivity contribution >= 4 is 15.9 Å². The zero-order chi connectivity index (χ0) is 26.3. The van der Waals surface area contributed by atoms with E-state index in [0.29, 0.717) is 32.8 Å². The molecule has 2 aromatic rings. The van der Waals surface area contributed by atoms with E-state index in [9.17, 15) is 13.2 Å².